The minimum absolute atomic E-state index is 0.0875. The fourth-order valence-electron chi connectivity index (χ4n) is 6.05. The Morgan fingerprint density at radius 2 is 1.63 bits per heavy atom. The predicted octanol–water partition coefficient (Wildman–Crippen LogP) is 6.87. The highest BCUT2D eigenvalue weighted by molar-refractivity contribution is 5.93. The summed E-state index contributed by atoms with van der Waals surface area (Å²) in [4.78, 5) is 20.6. The number of alkyl halides is 3. The van der Waals surface area contributed by atoms with Crippen molar-refractivity contribution in [2.45, 2.75) is 32.0 Å². The highest BCUT2D eigenvalue weighted by Gasteiger charge is 2.59. The molecule has 196 valence electrons. The molecule has 0 aliphatic heterocycles. The summed E-state index contributed by atoms with van der Waals surface area (Å²) in [5.41, 5.74) is 1.89. The molecular formula is C28H23F5N4O. The molecule has 4 aromatic rings. The number of amides is 1. The summed E-state index contributed by atoms with van der Waals surface area (Å²) in [7, 11) is 0. The number of hydrogen-bond donors (Lipinski definition) is 1. The summed E-state index contributed by atoms with van der Waals surface area (Å²) in [5.74, 6) is -1.06. The zero-order valence-electron chi connectivity index (χ0n) is 20.2. The van der Waals surface area contributed by atoms with Gasteiger partial charge >= 0.3 is 6.18 Å². The summed E-state index contributed by atoms with van der Waals surface area (Å²) < 4.78 is 67.4. The van der Waals surface area contributed by atoms with Crippen molar-refractivity contribution < 1.29 is 26.7 Å². The van der Waals surface area contributed by atoms with Crippen molar-refractivity contribution >= 4 is 22.6 Å². The number of hydrogen-bond acceptors (Lipinski definition) is 3. The summed E-state index contributed by atoms with van der Waals surface area (Å²) in [5, 5.41) is 2.94. The van der Waals surface area contributed by atoms with E-state index in [0.717, 1.165) is 25.0 Å². The van der Waals surface area contributed by atoms with Crippen LogP contribution in [0.4, 0.5) is 27.6 Å². The average molecular weight is 527 g/mol. The minimum Gasteiger partial charge on any atom is -0.327 e. The number of rotatable bonds is 5. The van der Waals surface area contributed by atoms with Crippen LogP contribution in [0.5, 0.6) is 0 Å². The van der Waals surface area contributed by atoms with Crippen LogP contribution in [-0.2, 0) is 11.0 Å². The second-order valence-corrected chi connectivity index (χ2v) is 10.2. The molecule has 2 fully saturated rings. The number of imidazole rings is 1. The molecule has 5 atom stereocenters. The molecule has 38 heavy (non-hydrogen) atoms. The number of benzene rings is 2. The molecule has 0 radical (unpaired) electrons. The molecule has 0 bridgehead atoms. The zero-order chi connectivity index (χ0) is 26.8. The third kappa shape index (κ3) is 4.31. The Morgan fingerprint density at radius 1 is 0.974 bits per heavy atom. The molecule has 1 amide bonds. The van der Waals surface area contributed by atoms with Crippen molar-refractivity contribution in [1.29, 1.82) is 0 Å². The first kappa shape index (κ1) is 24.5. The second-order valence-electron chi connectivity index (χ2n) is 10.2. The van der Waals surface area contributed by atoms with Gasteiger partial charge in [-0.2, -0.15) is 13.2 Å². The standard InChI is InChI=1S/C28H23F5N4O/c1-14(26-19-8-18(9-20(19)26)37-13-35-23-10-21(29)22(30)11-24(23)37)27(38)36-17-5-2-15(3-6-17)16-4-7-25(34-12-16)28(31,32)33/h2-7,10-14,18-20,26H,8-9H2,1H3,(H,36,38)/t14-,18-,19-,20+,26+/m0/s1. The Balaban J connectivity index is 1.06. The molecular weight excluding hydrogens is 503 g/mol. The molecule has 5 nitrogen and oxygen atoms in total. The van der Waals surface area contributed by atoms with Gasteiger partial charge in [0.15, 0.2) is 11.6 Å². The molecule has 2 saturated carbocycles. The lowest BCUT2D eigenvalue weighted by Crippen LogP contribution is -2.24. The summed E-state index contributed by atoms with van der Waals surface area (Å²) in [6.07, 6.45) is 0.0341. The molecule has 0 unspecified atom stereocenters. The summed E-state index contributed by atoms with van der Waals surface area (Å²) in [6.45, 7) is 1.92. The van der Waals surface area contributed by atoms with Gasteiger partial charge in [0, 0.05) is 41.5 Å². The Kier molecular flexibility index (Phi) is 5.73. The van der Waals surface area contributed by atoms with Crippen LogP contribution in [-0.4, -0.2) is 20.4 Å². The lowest BCUT2D eigenvalue weighted by molar-refractivity contribution is -0.141. The molecule has 2 aliphatic rings. The van der Waals surface area contributed by atoms with Crippen LogP contribution in [0.2, 0.25) is 0 Å². The summed E-state index contributed by atoms with van der Waals surface area (Å²) >= 11 is 0. The van der Waals surface area contributed by atoms with Crippen LogP contribution < -0.4 is 5.32 Å². The number of carbonyl (C=O) groups excluding carboxylic acids is 1. The van der Waals surface area contributed by atoms with Gasteiger partial charge in [-0.25, -0.2) is 13.8 Å². The molecule has 0 saturated heterocycles. The van der Waals surface area contributed by atoms with Gasteiger partial charge in [0.25, 0.3) is 0 Å². The molecule has 1 N–H and O–H groups in total. The van der Waals surface area contributed by atoms with Crippen molar-refractivity contribution in [3.63, 3.8) is 0 Å². The minimum atomic E-state index is -4.49. The number of nitrogens with one attached hydrogen (secondary N) is 1. The van der Waals surface area contributed by atoms with Crippen LogP contribution in [0.25, 0.3) is 22.2 Å². The van der Waals surface area contributed by atoms with Crippen LogP contribution in [0.15, 0.2) is 61.1 Å². The van der Waals surface area contributed by atoms with E-state index in [9.17, 15) is 26.7 Å². The maximum Gasteiger partial charge on any atom is 0.433 e. The number of fused-ring (bicyclic) bond motifs is 2. The van der Waals surface area contributed by atoms with Crippen LogP contribution >= 0.6 is 0 Å². The Labute approximate surface area is 214 Å². The van der Waals surface area contributed by atoms with E-state index in [1.807, 2.05) is 11.5 Å². The zero-order valence-corrected chi connectivity index (χ0v) is 20.2. The second kappa shape index (κ2) is 8.89. The third-order valence-corrected chi connectivity index (χ3v) is 8.03. The lowest BCUT2D eigenvalue weighted by Gasteiger charge is -2.20. The van der Waals surface area contributed by atoms with Crippen molar-refractivity contribution in [3.8, 4) is 11.1 Å². The fraction of sp³-hybridized carbons (Fsp3) is 0.321. The number of carbonyl (C=O) groups is 1. The van der Waals surface area contributed by atoms with E-state index in [2.05, 4.69) is 15.3 Å². The molecule has 0 spiro atoms. The van der Waals surface area contributed by atoms with E-state index in [1.54, 1.807) is 30.6 Å². The van der Waals surface area contributed by atoms with E-state index in [4.69, 9.17) is 0 Å². The van der Waals surface area contributed by atoms with Crippen LogP contribution in [0.1, 0.15) is 31.5 Å². The first-order chi connectivity index (χ1) is 18.1. The van der Waals surface area contributed by atoms with Crippen LogP contribution in [0.3, 0.4) is 0 Å². The van der Waals surface area contributed by atoms with E-state index < -0.39 is 23.5 Å². The van der Waals surface area contributed by atoms with Crippen molar-refractivity contribution in [1.82, 2.24) is 14.5 Å². The molecule has 6 rings (SSSR count). The molecule has 10 heteroatoms. The largest absolute Gasteiger partial charge is 0.433 e. The predicted molar refractivity (Wildman–Crippen MR) is 131 cm³/mol. The first-order valence-electron chi connectivity index (χ1n) is 12.4. The van der Waals surface area contributed by atoms with Gasteiger partial charge in [0.2, 0.25) is 5.91 Å². The van der Waals surface area contributed by atoms with E-state index in [0.29, 0.717) is 39.7 Å². The van der Waals surface area contributed by atoms with Crippen molar-refractivity contribution in [2.75, 3.05) is 5.32 Å². The summed E-state index contributed by atoms with van der Waals surface area (Å²) in [6, 6.07) is 11.6. The van der Waals surface area contributed by atoms with Crippen molar-refractivity contribution in [3.05, 3.63) is 78.4 Å². The first-order valence-corrected chi connectivity index (χ1v) is 12.4. The number of nitrogens with zero attached hydrogens (tertiary/aromatic N) is 3. The quantitative estimate of drug-likeness (QED) is 0.289. The maximum atomic E-state index is 13.8. The van der Waals surface area contributed by atoms with Gasteiger partial charge in [-0.15, -0.1) is 0 Å². The normalized spacial score (nSPS) is 23.3. The highest BCUT2D eigenvalue weighted by atomic mass is 19.4. The Bertz CT molecular complexity index is 1500. The topological polar surface area (TPSA) is 59.8 Å². The van der Waals surface area contributed by atoms with E-state index in [1.165, 1.54) is 18.3 Å². The lowest BCUT2D eigenvalue weighted by atomic mass is 9.96. The number of pyridine rings is 1. The van der Waals surface area contributed by atoms with Crippen LogP contribution in [0, 0.1) is 35.3 Å². The van der Waals surface area contributed by atoms with Crippen molar-refractivity contribution in [2.24, 2.45) is 23.7 Å². The monoisotopic (exact) mass is 526 g/mol. The SMILES string of the molecule is C[C@H](C(=O)Nc1ccc(-c2ccc(C(F)(F)F)nc2)cc1)[C@H]1[C@@H]2C[C@@H](n3cnc4cc(F)c(F)cc43)C[C@@H]21. The fourth-order valence-corrected chi connectivity index (χ4v) is 6.05. The molecule has 2 aliphatic carbocycles. The van der Waals surface area contributed by atoms with Gasteiger partial charge in [0.05, 0.1) is 17.4 Å². The molecule has 2 aromatic carbocycles. The average Bonchev–Trinajstić information content (AvgIpc) is 3.18. The highest BCUT2D eigenvalue weighted by Crippen LogP contribution is 2.64. The van der Waals surface area contributed by atoms with E-state index >= 15 is 0 Å². The number of anilines is 1. The molecule has 2 aromatic heterocycles. The number of halogens is 5. The van der Waals surface area contributed by atoms with Gasteiger partial charge in [-0.05, 0) is 54.4 Å². The third-order valence-electron chi connectivity index (χ3n) is 8.03. The number of aromatic nitrogens is 3. The Hall–Kier alpha value is -3.82. The maximum absolute atomic E-state index is 13.8. The van der Waals surface area contributed by atoms with Gasteiger partial charge in [0.1, 0.15) is 5.69 Å². The molecule has 2 heterocycles. The van der Waals surface area contributed by atoms with Gasteiger partial charge in [-0.3, -0.25) is 9.78 Å². The van der Waals surface area contributed by atoms with Gasteiger partial charge in [-0.1, -0.05) is 25.1 Å². The Morgan fingerprint density at radius 3 is 2.26 bits per heavy atom. The van der Waals surface area contributed by atoms with E-state index in [-0.39, 0.29) is 23.8 Å². The smallest absolute Gasteiger partial charge is 0.327 e. The van der Waals surface area contributed by atoms with Gasteiger partial charge < -0.3 is 9.88 Å².